The third kappa shape index (κ3) is 6.91. The molecule has 2 aromatic rings. The van der Waals surface area contributed by atoms with Gasteiger partial charge in [-0.1, -0.05) is 19.9 Å². The molecule has 0 aliphatic rings. The van der Waals surface area contributed by atoms with E-state index in [0.717, 1.165) is 25.9 Å². The summed E-state index contributed by atoms with van der Waals surface area (Å²) in [6.07, 6.45) is 1.82. The number of nitrogens with zero attached hydrogens (tertiary/aromatic N) is 1. The van der Waals surface area contributed by atoms with Crippen LogP contribution >= 0.6 is 0 Å². The molecule has 0 aromatic heterocycles. The highest BCUT2D eigenvalue weighted by atomic mass is 16.5. The monoisotopic (exact) mass is 398 g/mol. The number of hydrogen-bond donors (Lipinski definition) is 1. The molecular formula is C23H30N2O4. The second-order valence-electron chi connectivity index (χ2n) is 6.69. The van der Waals surface area contributed by atoms with Gasteiger partial charge in [-0.2, -0.15) is 0 Å². The summed E-state index contributed by atoms with van der Waals surface area (Å²) in [5, 5.41) is 2.86. The van der Waals surface area contributed by atoms with Crippen molar-refractivity contribution >= 4 is 17.5 Å². The molecule has 29 heavy (non-hydrogen) atoms. The second-order valence-corrected chi connectivity index (χ2v) is 6.69. The molecule has 6 heteroatoms. The normalized spacial score (nSPS) is 10.4. The molecular weight excluding hydrogens is 368 g/mol. The van der Waals surface area contributed by atoms with Crippen LogP contribution in [-0.2, 0) is 4.74 Å². The maximum atomic E-state index is 12.8. The average Bonchev–Trinajstić information content (AvgIpc) is 2.74. The zero-order valence-corrected chi connectivity index (χ0v) is 17.4. The summed E-state index contributed by atoms with van der Waals surface area (Å²) in [5.74, 6) is 0.428. The number of anilines is 1. The summed E-state index contributed by atoms with van der Waals surface area (Å²) >= 11 is 0. The first-order valence-electron chi connectivity index (χ1n) is 10.0. The average molecular weight is 399 g/mol. The minimum Gasteiger partial charge on any atom is -0.491 e. The first-order valence-corrected chi connectivity index (χ1v) is 10.0. The Morgan fingerprint density at radius 3 is 2.24 bits per heavy atom. The molecule has 0 unspecified atom stereocenters. The Balaban J connectivity index is 2.03. The molecule has 0 atom stereocenters. The molecule has 1 N–H and O–H groups in total. The molecule has 0 aliphatic carbocycles. The van der Waals surface area contributed by atoms with Crippen LogP contribution in [0.3, 0.4) is 0 Å². The Morgan fingerprint density at radius 1 is 0.931 bits per heavy atom. The summed E-state index contributed by atoms with van der Waals surface area (Å²) in [6.45, 7) is 6.52. The van der Waals surface area contributed by atoms with Crippen LogP contribution < -0.4 is 10.1 Å². The maximum Gasteiger partial charge on any atom is 0.255 e. The zero-order valence-electron chi connectivity index (χ0n) is 17.4. The Kier molecular flexibility index (Phi) is 9.18. The Labute approximate surface area is 172 Å². The molecule has 0 heterocycles. The molecule has 0 spiro atoms. The molecule has 0 radical (unpaired) electrons. The van der Waals surface area contributed by atoms with Gasteiger partial charge in [0, 0.05) is 37.0 Å². The second kappa shape index (κ2) is 11.9. The van der Waals surface area contributed by atoms with E-state index < -0.39 is 0 Å². The van der Waals surface area contributed by atoms with E-state index in [1.807, 2.05) is 4.90 Å². The number of hydrogen-bond acceptors (Lipinski definition) is 4. The van der Waals surface area contributed by atoms with Gasteiger partial charge in [0.05, 0.1) is 6.61 Å². The fraction of sp³-hybridized carbons (Fsp3) is 0.391. The highest BCUT2D eigenvalue weighted by Crippen LogP contribution is 2.17. The number of amides is 2. The lowest BCUT2D eigenvalue weighted by Gasteiger charge is -2.21. The van der Waals surface area contributed by atoms with Crippen molar-refractivity contribution in [1.82, 2.24) is 4.90 Å². The topological polar surface area (TPSA) is 67.9 Å². The minimum atomic E-state index is -0.239. The van der Waals surface area contributed by atoms with Crippen molar-refractivity contribution in [2.75, 3.05) is 38.7 Å². The van der Waals surface area contributed by atoms with Crippen LogP contribution in [0.1, 0.15) is 47.4 Å². The first-order chi connectivity index (χ1) is 14.1. The zero-order chi connectivity index (χ0) is 21.1. The number of nitrogens with one attached hydrogen (secondary N) is 1. The molecule has 0 saturated carbocycles. The van der Waals surface area contributed by atoms with Gasteiger partial charge in [-0.3, -0.25) is 9.59 Å². The van der Waals surface area contributed by atoms with Gasteiger partial charge in [0.25, 0.3) is 11.8 Å². The summed E-state index contributed by atoms with van der Waals surface area (Å²) in [7, 11) is 1.62. The van der Waals surface area contributed by atoms with Gasteiger partial charge >= 0.3 is 0 Å². The Morgan fingerprint density at radius 2 is 1.62 bits per heavy atom. The standard InChI is InChI=1S/C23H30N2O4/c1-4-13-25(14-5-2)23(27)19-7-6-8-20(17-19)24-22(26)18-9-11-21(12-10-18)29-16-15-28-3/h6-12,17H,4-5,13-16H2,1-3H3,(H,24,26). The van der Waals surface area contributed by atoms with Gasteiger partial charge in [0.1, 0.15) is 12.4 Å². The quantitative estimate of drug-likeness (QED) is 0.575. The Bertz CT molecular complexity index is 784. The number of carbonyl (C=O) groups excluding carboxylic acids is 2. The molecule has 0 saturated heterocycles. The lowest BCUT2D eigenvalue weighted by atomic mass is 10.1. The van der Waals surface area contributed by atoms with Crippen LogP contribution in [0, 0.1) is 0 Å². The van der Waals surface area contributed by atoms with Crippen molar-refractivity contribution in [3.8, 4) is 5.75 Å². The number of rotatable bonds is 11. The summed E-state index contributed by atoms with van der Waals surface area (Å²) < 4.78 is 10.4. The van der Waals surface area contributed by atoms with E-state index in [4.69, 9.17) is 9.47 Å². The predicted octanol–water partition coefficient (Wildman–Crippen LogP) is 4.23. The van der Waals surface area contributed by atoms with Crippen molar-refractivity contribution in [2.24, 2.45) is 0 Å². The van der Waals surface area contributed by atoms with Gasteiger partial charge in [-0.25, -0.2) is 0 Å². The lowest BCUT2D eigenvalue weighted by molar-refractivity contribution is 0.0755. The Hall–Kier alpha value is -2.86. The van der Waals surface area contributed by atoms with Crippen LogP contribution in [0.4, 0.5) is 5.69 Å². The largest absolute Gasteiger partial charge is 0.491 e. The SMILES string of the molecule is CCCN(CCC)C(=O)c1cccc(NC(=O)c2ccc(OCCOC)cc2)c1. The molecule has 2 aromatic carbocycles. The van der Waals surface area contributed by atoms with Crippen LogP contribution in [-0.4, -0.2) is 50.1 Å². The van der Waals surface area contributed by atoms with Crippen LogP contribution in [0.5, 0.6) is 5.75 Å². The van der Waals surface area contributed by atoms with E-state index in [1.165, 1.54) is 0 Å². The van der Waals surface area contributed by atoms with E-state index in [0.29, 0.717) is 35.8 Å². The van der Waals surface area contributed by atoms with Crippen molar-refractivity contribution in [2.45, 2.75) is 26.7 Å². The van der Waals surface area contributed by atoms with Gasteiger partial charge in [0.2, 0.25) is 0 Å². The highest BCUT2D eigenvalue weighted by molar-refractivity contribution is 6.05. The number of carbonyl (C=O) groups is 2. The van der Waals surface area contributed by atoms with Crippen LogP contribution in [0.2, 0.25) is 0 Å². The minimum absolute atomic E-state index is 0.0117. The van der Waals surface area contributed by atoms with Gasteiger partial charge in [-0.05, 0) is 55.3 Å². The van der Waals surface area contributed by atoms with Crippen molar-refractivity contribution in [3.63, 3.8) is 0 Å². The van der Waals surface area contributed by atoms with E-state index in [1.54, 1.807) is 55.6 Å². The molecule has 6 nitrogen and oxygen atoms in total. The molecule has 0 aliphatic heterocycles. The van der Waals surface area contributed by atoms with Gasteiger partial charge < -0.3 is 19.7 Å². The first kappa shape index (κ1) is 22.4. The third-order valence-corrected chi connectivity index (χ3v) is 4.31. The van der Waals surface area contributed by atoms with E-state index in [9.17, 15) is 9.59 Å². The van der Waals surface area contributed by atoms with E-state index in [-0.39, 0.29) is 11.8 Å². The van der Waals surface area contributed by atoms with Gasteiger partial charge in [-0.15, -0.1) is 0 Å². The van der Waals surface area contributed by atoms with Crippen LogP contribution in [0.15, 0.2) is 48.5 Å². The lowest BCUT2D eigenvalue weighted by Crippen LogP contribution is -2.32. The molecule has 156 valence electrons. The van der Waals surface area contributed by atoms with Crippen molar-refractivity contribution in [3.05, 3.63) is 59.7 Å². The van der Waals surface area contributed by atoms with Crippen LogP contribution in [0.25, 0.3) is 0 Å². The van der Waals surface area contributed by atoms with E-state index in [2.05, 4.69) is 19.2 Å². The summed E-state index contributed by atoms with van der Waals surface area (Å²) in [5.41, 5.74) is 1.68. The van der Waals surface area contributed by atoms with Crippen molar-refractivity contribution < 1.29 is 19.1 Å². The number of methoxy groups -OCH3 is 1. The molecule has 0 fully saturated rings. The fourth-order valence-electron chi connectivity index (χ4n) is 2.92. The summed E-state index contributed by atoms with van der Waals surface area (Å²) in [4.78, 5) is 27.2. The van der Waals surface area contributed by atoms with Crippen molar-refractivity contribution in [1.29, 1.82) is 0 Å². The molecule has 0 bridgehead atoms. The predicted molar refractivity (Wildman–Crippen MR) is 115 cm³/mol. The number of ether oxygens (including phenoxy) is 2. The third-order valence-electron chi connectivity index (χ3n) is 4.31. The molecule has 2 rings (SSSR count). The number of benzene rings is 2. The highest BCUT2D eigenvalue weighted by Gasteiger charge is 2.15. The smallest absolute Gasteiger partial charge is 0.255 e. The van der Waals surface area contributed by atoms with E-state index >= 15 is 0 Å². The van der Waals surface area contributed by atoms with Gasteiger partial charge in [0.15, 0.2) is 0 Å². The maximum absolute atomic E-state index is 12.8. The fourth-order valence-corrected chi connectivity index (χ4v) is 2.92. The molecule has 2 amide bonds. The summed E-state index contributed by atoms with van der Waals surface area (Å²) in [6, 6.07) is 14.0.